The molecule has 0 fully saturated rings. The van der Waals surface area contributed by atoms with Gasteiger partial charge in [-0.15, -0.1) is 16.7 Å². The number of nitroso groups, excluding NO2 is 1. The fourth-order valence-electron chi connectivity index (χ4n) is 2.95. The van der Waals surface area contributed by atoms with Gasteiger partial charge in [-0.2, -0.15) is 0 Å². The van der Waals surface area contributed by atoms with Crippen LogP contribution in [0.5, 0.6) is 0 Å². The second-order valence-electron chi connectivity index (χ2n) is 6.75. The summed E-state index contributed by atoms with van der Waals surface area (Å²) in [6.07, 6.45) is 1.12. The van der Waals surface area contributed by atoms with E-state index in [1.54, 1.807) is 31.2 Å². The summed E-state index contributed by atoms with van der Waals surface area (Å²) >= 11 is 1.18. The highest BCUT2D eigenvalue weighted by molar-refractivity contribution is 8.08. The van der Waals surface area contributed by atoms with Gasteiger partial charge in [0.15, 0.2) is 15.5 Å². The van der Waals surface area contributed by atoms with Gasteiger partial charge in [0.1, 0.15) is 5.82 Å². The van der Waals surface area contributed by atoms with E-state index in [-0.39, 0.29) is 16.2 Å². The molecule has 0 saturated carbocycles. The minimum absolute atomic E-state index is 0.00980. The van der Waals surface area contributed by atoms with Gasteiger partial charge in [-0.3, -0.25) is 14.9 Å². The van der Waals surface area contributed by atoms with E-state index in [9.17, 15) is 27.3 Å². The predicted molar refractivity (Wildman–Crippen MR) is 117 cm³/mol. The Bertz CT molecular complexity index is 1230. The topological polar surface area (TPSA) is 110 Å². The molecule has 2 amide bonds. The highest BCUT2D eigenvalue weighted by Gasteiger charge is 2.31. The first-order valence-corrected chi connectivity index (χ1v) is 11.8. The zero-order valence-corrected chi connectivity index (χ0v) is 18.1. The fraction of sp³-hybridized carbons (Fsp3) is 0.143. The van der Waals surface area contributed by atoms with Crippen LogP contribution in [0.15, 0.2) is 69.9 Å². The maximum absolute atomic E-state index is 13.4. The molecule has 1 aliphatic heterocycles. The summed E-state index contributed by atoms with van der Waals surface area (Å²) in [6, 6.07) is 12.0. The average Bonchev–Trinajstić information content (AvgIpc) is 3.00. The number of nitrogens with one attached hydrogen (secondary N) is 1. The minimum atomic E-state index is -3.35. The molecule has 0 atom stereocenters. The molecule has 2 aromatic carbocycles. The van der Waals surface area contributed by atoms with E-state index in [0.717, 1.165) is 11.8 Å². The Morgan fingerprint density at radius 2 is 1.58 bits per heavy atom. The van der Waals surface area contributed by atoms with Gasteiger partial charge < -0.3 is 0 Å². The van der Waals surface area contributed by atoms with Crippen LogP contribution in [0.4, 0.5) is 4.39 Å². The van der Waals surface area contributed by atoms with Crippen LogP contribution in [0.3, 0.4) is 0 Å². The molecule has 160 valence electrons. The Labute approximate surface area is 182 Å². The normalized spacial score (nSPS) is 15.1. The third-order valence-electron chi connectivity index (χ3n) is 4.62. The number of carbonyl (C=O) groups excluding carboxylic acids is 2. The number of thioether (sulfide) groups is 1. The number of hydrogen-bond donors (Lipinski definition) is 1. The first-order valence-electron chi connectivity index (χ1n) is 8.94. The predicted octanol–water partition coefficient (Wildman–Crippen LogP) is 3.53. The highest BCUT2D eigenvalue weighted by atomic mass is 32.2. The van der Waals surface area contributed by atoms with Crippen LogP contribution < -0.4 is 5.32 Å². The van der Waals surface area contributed by atoms with Crippen LogP contribution in [0, 0.1) is 10.7 Å². The summed E-state index contributed by atoms with van der Waals surface area (Å²) in [7, 11) is -3.35. The number of nitrogens with zero attached hydrogens (tertiary/aromatic N) is 1. The van der Waals surface area contributed by atoms with Crippen LogP contribution in [0.2, 0.25) is 0 Å². The summed E-state index contributed by atoms with van der Waals surface area (Å²) in [5, 5.41) is 4.70. The van der Waals surface area contributed by atoms with E-state index in [0.29, 0.717) is 16.0 Å². The lowest BCUT2D eigenvalue weighted by Gasteiger charge is -2.14. The molecule has 0 saturated heterocycles. The molecule has 0 aliphatic carbocycles. The molecule has 0 spiro atoms. The van der Waals surface area contributed by atoms with Crippen molar-refractivity contribution >= 4 is 43.9 Å². The number of allylic oxidation sites excluding steroid dienone is 1. The molecule has 0 bridgehead atoms. The first kappa shape index (κ1) is 22.6. The van der Waals surface area contributed by atoms with E-state index < -0.39 is 33.2 Å². The van der Waals surface area contributed by atoms with Crippen molar-refractivity contribution in [2.75, 3.05) is 12.0 Å². The fourth-order valence-corrected chi connectivity index (χ4v) is 4.77. The van der Waals surface area contributed by atoms with Crippen molar-refractivity contribution in [2.45, 2.75) is 11.8 Å². The van der Waals surface area contributed by atoms with E-state index in [1.807, 2.05) is 5.32 Å². The molecule has 1 heterocycles. The second-order valence-corrected chi connectivity index (χ2v) is 9.75. The van der Waals surface area contributed by atoms with Gasteiger partial charge in [0.25, 0.3) is 11.8 Å². The number of halogens is 1. The smallest absolute Gasteiger partial charge is 0.280 e. The third-order valence-corrected chi connectivity index (χ3v) is 7.01. The van der Waals surface area contributed by atoms with E-state index in [1.165, 1.54) is 36.0 Å². The number of sulfone groups is 1. The van der Waals surface area contributed by atoms with Crippen molar-refractivity contribution < 1.29 is 22.4 Å². The largest absolute Gasteiger partial charge is 0.287 e. The molecule has 0 unspecified atom stereocenters. The average molecular weight is 461 g/mol. The van der Waals surface area contributed by atoms with Crippen molar-refractivity contribution in [1.82, 2.24) is 5.32 Å². The Hall–Kier alpha value is -3.11. The molecule has 0 radical (unpaired) electrons. The van der Waals surface area contributed by atoms with Crippen LogP contribution in [-0.2, 0) is 19.4 Å². The summed E-state index contributed by atoms with van der Waals surface area (Å²) in [4.78, 5) is 35.4. The van der Waals surface area contributed by atoms with Crippen molar-refractivity contribution in [3.8, 4) is 0 Å². The van der Waals surface area contributed by atoms with Gasteiger partial charge in [-0.25, -0.2) is 12.8 Å². The van der Waals surface area contributed by atoms with E-state index in [2.05, 4.69) is 5.18 Å². The molecule has 7 nitrogen and oxygen atoms in total. The summed E-state index contributed by atoms with van der Waals surface area (Å²) in [6.45, 7) is 1.80. The van der Waals surface area contributed by atoms with Gasteiger partial charge >= 0.3 is 0 Å². The molecule has 1 aliphatic rings. The SMILES string of the molecule is C/C(=C(\SCC1=C(N=O)C(=O)NC1=O)c1ccc(F)cc1)c1ccc(S(C)(=O)=O)cc1. The number of benzene rings is 2. The Kier molecular flexibility index (Phi) is 6.51. The van der Waals surface area contributed by atoms with Gasteiger partial charge in [0, 0.05) is 16.9 Å². The lowest BCUT2D eigenvalue weighted by atomic mass is 10.0. The van der Waals surface area contributed by atoms with E-state index in [4.69, 9.17) is 0 Å². The number of amides is 2. The van der Waals surface area contributed by atoms with Crippen molar-refractivity contribution in [1.29, 1.82) is 0 Å². The number of hydrogen-bond acceptors (Lipinski definition) is 7. The van der Waals surface area contributed by atoms with Crippen molar-refractivity contribution in [2.24, 2.45) is 5.18 Å². The first-order chi connectivity index (χ1) is 14.6. The molecule has 31 heavy (non-hydrogen) atoms. The van der Waals surface area contributed by atoms with Crippen molar-refractivity contribution in [3.63, 3.8) is 0 Å². The standard InChI is InChI=1S/C21H17FN2O5S2/c1-12(13-5-9-16(10-6-13)31(2,28)29)19(14-3-7-15(22)8-4-14)30-11-17-18(24-27)21(26)23-20(17)25/h3-10H,11H2,1-2H3,(H,23,25,26)/b19-12+. The van der Waals surface area contributed by atoms with Crippen molar-refractivity contribution in [3.05, 3.63) is 81.7 Å². The second kappa shape index (κ2) is 8.94. The summed E-state index contributed by atoms with van der Waals surface area (Å²) < 4.78 is 36.9. The zero-order valence-electron chi connectivity index (χ0n) is 16.5. The van der Waals surface area contributed by atoms with E-state index >= 15 is 0 Å². The molecule has 2 aromatic rings. The van der Waals surface area contributed by atoms with Gasteiger partial charge in [-0.1, -0.05) is 24.3 Å². The number of carbonyl (C=O) groups is 2. The molecule has 0 aromatic heterocycles. The lowest BCUT2D eigenvalue weighted by molar-refractivity contribution is -0.124. The Balaban J connectivity index is 2.03. The lowest BCUT2D eigenvalue weighted by Crippen LogP contribution is -2.23. The van der Waals surface area contributed by atoms with Gasteiger partial charge in [0.05, 0.1) is 10.5 Å². The van der Waals surface area contributed by atoms with Gasteiger partial charge in [0.2, 0.25) is 0 Å². The van der Waals surface area contributed by atoms with Crippen LogP contribution >= 0.6 is 11.8 Å². The quantitative estimate of drug-likeness (QED) is 0.385. The highest BCUT2D eigenvalue weighted by Crippen LogP contribution is 2.37. The molecular formula is C21H17FN2O5S2. The van der Waals surface area contributed by atoms with Gasteiger partial charge in [-0.05, 0) is 53.1 Å². The van der Waals surface area contributed by atoms with Crippen LogP contribution in [0.25, 0.3) is 10.5 Å². The summed E-state index contributed by atoms with van der Waals surface area (Å²) in [5.41, 5.74) is 1.62. The van der Waals surface area contributed by atoms with Crippen LogP contribution in [0.1, 0.15) is 18.1 Å². The number of imide groups is 1. The Morgan fingerprint density at radius 1 is 1.00 bits per heavy atom. The molecular weight excluding hydrogens is 443 g/mol. The molecule has 10 heteroatoms. The maximum Gasteiger partial charge on any atom is 0.280 e. The monoisotopic (exact) mass is 460 g/mol. The maximum atomic E-state index is 13.4. The molecule has 3 rings (SSSR count). The zero-order chi connectivity index (χ0) is 22.8. The minimum Gasteiger partial charge on any atom is -0.287 e. The number of rotatable bonds is 7. The van der Waals surface area contributed by atoms with Crippen LogP contribution in [-0.4, -0.2) is 32.2 Å². The third kappa shape index (κ3) is 4.97. The molecule has 1 N–H and O–H groups in total. The summed E-state index contributed by atoms with van der Waals surface area (Å²) in [5.74, 6) is -1.94. The Morgan fingerprint density at radius 3 is 2.13 bits per heavy atom.